The minimum Gasteiger partial charge on any atom is -0.475 e. The van der Waals surface area contributed by atoms with E-state index in [1.807, 2.05) is 0 Å². The zero-order valence-electron chi connectivity index (χ0n) is 11.7. The highest BCUT2D eigenvalue weighted by molar-refractivity contribution is 5.73. The Hall–Kier alpha value is -1.56. The van der Waals surface area contributed by atoms with Crippen LogP contribution in [0.3, 0.4) is 0 Å². The Kier molecular flexibility index (Phi) is 7.77. The standard InChI is InChI=1S/C7H14N2.2C2HF3O2/c8-6-4-7(5-6)9-2-1-3-9;2*3-2(4,5)1(6)7/h6-7H,1-5,8H2;2*(H,6,7). The monoisotopic (exact) mass is 354 g/mol. The second-order valence-electron chi connectivity index (χ2n) is 4.88. The molecule has 1 saturated heterocycles. The normalized spacial score (nSPS) is 24.0. The van der Waals surface area contributed by atoms with Crippen molar-refractivity contribution in [2.45, 2.75) is 43.7 Å². The van der Waals surface area contributed by atoms with Gasteiger partial charge in [-0.2, -0.15) is 26.3 Å². The van der Waals surface area contributed by atoms with Crippen molar-refractivity contribution in [3.8, 4) is 0 Å². The highest BCUT2D eigenvalue weighted by Gasteiger charge is 2.38. The van der Waals surface area contributed by atoms with E-state index in [-0.39, 0.29) is 0 Å². The number of likely N-dealkylation sites (tertiary alicyclic amines) is 1. The molecule has 0 aromatic rings. The van der Waals surface area contributed by atoms with Gasteiger partial charge in [-0.25, -0.2) is 9.59 Å². The molecule has 1 aliphatic heterocycles. The molecule has 1 aliphatic carbocycles. The van der Waals surface area contributed by atoms with Gasteiger partial charge in [0.1, 0.15) is 0 Å². The first-order valence-electron chi connectivity index (χ1n) is 6.35. The van der Waals surface area contributed by atoms with Crippen LogP contribution in [0.5, 0.6) is 0 Å². The third-order valence-electron chi connectivity index (χ3n) is 3.04. The Morgan fingerprint density at radius 2 is 1.22 bits per heavy atom. The SMILES string of the molecule is NC1CC(N2CCC2)C1.O=C(O)C(F)(F)F.O=C(O)C(F)(F)F. The summed E-state index contributed by atoms with van der Waals surface area (Å²) in [5, 5.41) is 14.2. The van der Waals surface area contributed by atoms with E-state index in [0.29, 0.717) is 6.04 Å². The van der Waals surface area contributed by atoms with E-state index in [2.05, 4.69) is 4.90 Å². The molecule has 0 bridgehead atoms. The fraction of sp³-hybridized carbons (Fsp3) is 0.818. The summed E-state index contributed by atoms with van der Waals surface area (Å²) in [6, 6.07) is 1.39. The third kappa shape index (κ3) is 8.59. The highest BCUT2D eigenvalue weighted by atomic mass is 19.4. The number of carboxylic acids is 2. The van der Waals surface area contributed by atoms with Gasteiger partial charge in [-0.05, 0) is 32.4 Å². The van der Waals surface area contributed by atoms with Crippen molar-refractivity contribution >= 4 is 11.9 Å². The summed E-state index contributed by atoms with van der Waals surface area (Å²) in [4.78, 5) is 20.3. The maximum atomic E-state index is 10.6. The second-order valence-corrected chi connectivity index (χ2v) is 4.88. The number of halogens is 6. The average molecular weight is 354 g/mol. The molecule has 2 rings (SSSR count). The Morgan fingerprint density at radius 1 is 0.913 bits per heavy atom. The van der Waals surface area contributed by atoms with Gasteiger partial charge in [-0.3, -0.25) is 0 Å². The van der Waals surface area contributed by atoms with E-state index in [1.54, 1.807) is 0 Å². The van der Waals surface area contributed by atoms with Crippen molar-refractivity contribution in [3.05, 3.63) is 0 Å². The van der Waals surface area contributed by atoms with Crippen molar-refractivity contribution in [2.24, 2.45) is 5.73 Å². The Balaban J connectivity index is 0.000000322. The number of carbonyl (C=O) groups is 2. The molecule has 1 heterocycles. The van der Waals surface area contributed by atoms with Crippen LogP contribution in [-0.2, 0) is 9.59 Å². The molecule has 0 amide bonds. The van der Waals surface area contributed by atoms with E-state index in [0.717, 1.165) is 6.04 Å². The predicted molar refractivity (Wildman–Crippen MR) is 64.6 cm³/mol. The quantitative estimate of drug-likeness (QED) is 0.616. The molecule has 136 valence electrons. The summed E-state index contributed by atoms with van der Waals surface area (Å²) < 4.78 is 63.5. The lowest BCUT2D eigenvalue weighted by Gasteiger charge is -2.46. The molecule has 1 saturated carbocycles. The van der Waals surface area contributed by atoms with Gasteiger partial charge in [0.2, 0.25) is 0 Å². The molecule has 12 heteroatoms. The molecular formula is C11H16F6N2O4. The molecule has 0 aromatic carbocycles. The van der Waals surface area contributed by atoms with E-state index in [4.69, 9.17) is 25.5 Å². The third-order valence-corrected chi connectivity index (χ3v) is 3.04. The van der Waals surface area contributed by atoms with Crippen LogP contribution in [0, 0.1) is 0 Å². The van der Waals surface area contributed by atoms with Crippen LogP contribution in [0.2, 0.25) is 0 Å². The lowest BCUT2D eigenvalue weighted by Crippen LogP contribution is -2.55. The number of hydrogen-bond donors (Lipinski definition) is 3. The number of alkyl halides is 6. The summed E-state index contributed by atoms with van der Waals surface area (Å²) in [5.41, 5.74) is 5.66. The number of nitrogens with two attached hydrogens (primary N) is 1. The van der Waals surface area contributed by atoms with Gasteiger partial charge in [-0.1, -0.05) is 0 Å². The maximum Gasteiger partial charge on any atom is 0.490 e. The van der Waals surface area contributed by atoms with Crippen molar-refractivity contribution in [2.75, 3.05) is 13.1 Å². The summed E-state index contributed by atoms with van der Waals surface area (Å²) in [6.07, 6.45) is -6.26. The molecular weight excluding hydrogens is 338 g/mol. The predicted octanol–water partition coefficient (Wildman–Crippen LogP) is 1.45. The molecule has 4 N–H and O–H groups in total. The number of aliphatic carboxylic acids is 2. The van der Waals surface area contributed by atoms with Crippen molar-refractivity contribution < 1.29 is 46.1 Å². The van der Waals surface area contributed by atoms with Crippen LogP contribution in [0.4, 0.5) is 26.3 Å². The summed E-state index contributed by atoms with van der Waals surface area (Å²) in [7, 11) is 0. The number of hydrogen-bond acceptors (Lipinski definition) is 4. The number of carboxylic acid groups (broad SMARTS) is 2. The molecule has 23 heavy (non-hydrogen) atoms. The Morgan fingerprint density at radius 3 is 1.35 bits per heavy atom. The largest absolute Gasteiger partial charge is 0.490 e. The van der Waals surface area contributed by atoms with Gasteiger partial charge in [0.05, 0.1) is 0 Å². The first-order valence-corrected chi connectivity index (χ1v) is 6.35. The van der Waals surface area contributed by atoms with Crippen LogP contribution < -0.4 is 5.73 Å². The molecule has 6 nitrogen and oxygen atoms in total. The van der Waals surface area contributed by atoms with Gasteiger partial charge in [-0.15, -0.1) is 0 Å². The fourth-order valence-electron chi connectivity index (χ4n) is 1.63. The molecule has 0 aromatic heterocycles. The minimum absolute atomic E-state index is 0.524. The van der Waals surface area contributed by atoms with E-state index < -0.39 is 24.3 Å². The first-order chi connectivity index (χ1) is 10.2. The molecule has 0 radical (unpaired) electrons. The van der Waals surface area contributed by atoms with Crippen LogP contribution in [0.15, 0.2) is 0 Å². The van der Waals surface area contributed by atoms with Gasteiger partial charge < -0.3 is 20.8 Å². The van der Waals surface area contributed by atoms with Crippen molar-refractivity contribution in [1.82, 2.24) is 4.90 Å². The van der Waals surface area contributed by atoms with E-state index >= 15 is 0 Å². The molecule has 0 unspecified atom stereocenters. The van der Waals surface area contributed by atoms with Gasteiger partial charge in [0, 0.05) is 12.1 Å². The lowest BCUT2D eigenvalue weighted by atomic mass is 9.85. The molecule has 0 atom stereocenters. The summed E-state index contributed by atoms with van der Waals surface area (Å²) in [6.45, 7) is 2.66. The average Bonchev–Trinajstić information content (AvgIpc) is 2.23. The highest BCUT2D eigenvalue weighted by Crippen LogP contribution is 2.27. The smallest absolute Gasteiger partial charge is 0.475 e. The Bertz CT molecular complexity index is 378. The fourth-order valence-corrected chi connectivity index (χ4v) is 1.63. The van der Waals surface area contributed by atoms with Crippen LogP contribution >= 0.6 is 0 Å². The van der Waals surface area contributed by atoms with Crippen LogP contribution in [-0.4, -0.2) is 64.6 Å². The van der Waals surface area contributed by atoms with Crippen LogP contribution in [0.1, 0.15) is 19.3 Å². The van der Waals surface area contributed by atoms with Gasteiger partial charge in [0.15, 0.2) is 0 Å². The number of rotatable bonds is 1. The zero-order valence-corrected chi connectivity index (χ0v) is 11.7. The molecule has 2 aliphatic rings. The lowest BCUT2D eigenvalue weighted by molar-refractivity contribution is -0.193. The van der Waals surface area contributed by atoms with E-state index in [9.17, 15) is 26.3 Å². The van der Waals surface area contributed by atoms with Crippen LogP contribution in [0.25, 0.3) is 0 Å². The Labute approximate surface area is 126 Å². The summed E-state index contributed by atoms with van der Waals surface area (Å²) >= 11 is 0. The molecule has 0 spiro atoms. The van der Waals surface area contributed by atoms with Crippen molar-refractivity contribution in [3.63, 3.8) is 0 Å². The van der Waals surface area contributed by atoms with Crippen molar-refractivity contribution in [1.29, 1.82) is 0 Å². The zero-order chi connectivity index (χ0) is 18.4. The number of nitrogens with zero attached hydrogens (tertiary/aromatic N) is 1. The minimum atomic E-state index is -5.08. The maximum absolute atomic E-state index is 10.6. The van der Waals surface area contributed by atoms with Gasteiger partial charge in [0.25, 0.3) is 0 Å². The first kappa shape index (κ1) is 21.4. The van der Waals surface area contributed by atoms with E-state index in [1.165, 1.54) is 32.4 Å². The molecule has 2 fully saturated rings. The van der Waals surface area contributed by atoms with Gasteiger partial charge >= 0.3 is 24.3 Å². The summed E-state index contributed by atoms with van der Waals surface area (Å²) in [5.74, 6) is -5.51. The second kappa shape index (κ2) is 8.34. The topological polar surface area (TPSA) is 104 Å².